The Morgan fingerprint density at radius 1 is 0.727 bits per heavy atom. The largest absolute Gasteiger partial charge is 0.478 e. The quantitative estimate of drug-likeness (QED) is 0.595. The molecule has 2 nitrogen and oxygen atoms in total. The molecule has 22 heavy (non-hydrogen) atoms. The van der Waals surface area contributed by atoms with Crippen LogP contribution in [0.4, 0.5) is 52.7 Å². The molecule has 0 aliphatic rings. The maximum atomic E-state index is 12.8. The second-order valence-electron chi connectivity index (χ2n) is 3.63. The molecule has 0 unspecified atom stereocenters. The van der Waals surface area contributed by atoms with Crippen LogP contribution in [0.2, 0.25) is 0 Å². The lowest BCUT2D eigenvalue weighted by molar-refractivity contribution is -0.419. The van der Waals surface area contributed by atoms with Gasteiger partial charge in [0.05, 0.1) is 6.08 Å². The van der Waals surface area contributed by atoms with Crippen molar-refractivity contribution in [3.05, 3.63) is 11.9 Å². The highest BCUT2D eigenvalue weighted by Crippen LogP contribution is 2.58. The van der Waals surface area contributed by atoms with Crippen molar-refractivity contribution in [1.82, 2.24) is 0 Å². The van der Waals surface area contributed by atoms with Crippen molar-refractivity contribution in [2.75, 3.05) is 0 Å². The lowest BCUT2D eigenvalue weighted by atomic mass is 9.97. The summed E-state index contributed by atoms with van der Waals surface area (Å²) in [5, 5.41) is 7.79. The minimum absolute atomic E-state index is 1.39. The number of aliphatic carboxylic acids is 1. The van der Waals surface area contributed by atoms with Crippen LogP contribution in [0.25, 0.3) is 0 Å². The summed E-state index contributed by atoms with van der Waals surface area (Å²) in [6.07, 6.45) is -8.77. The maximum Gasteiger partial charge on any atom is 0.460 e. The van der Waals surface area contributed by atoms with E-state index in [1.54, 1.807) is 0 Å². The zero-order valence-electron chi connectivity index (χ0n) is 9.47. The molecule has 1 N–H and O–H groups in total. The van der Waals surface area contributed by atoms with Gasteiger partial charge in [-0.3, -0.25) is 0 Å². The third-order valence-electron chi connectivity index (χ3n) is 2.09. The first-order chi connectivity index (χ1) is 9.34. The molecule has 0 aromatic carbocycles. The van der Waals surface area contributed by atoms with Gasteiger partial charge in [0.15, 0.2) is 5.83 Å². The number of carboxylic acids is 1. The lowest BCUT2D eigenvalue weighted by Gasteiger charge is -2.36. The molecule has 0 aromatic heterocycles. The van der Waals surface area contributed by atoms with Gasteiger partial charge in [0.2, 0.25) is 0 Å². The fourth-order valence-electron chi connectivity index (χ4n) is 0.921. The summed E-state index contributed by atoms with van der Waals surface area (Å²) in [6, 6.07) is 0. The number of halogens is 12. The van der Waals surface area contributed by atoms with Gasteiger partial charge in [-0.25, -0.2) is 9.18 Å². The van der Waals surface area contributed by atoms with Gasteiger partial charge in [0, 0.05) is 0 Å². The molecule has 0 radical (unpaired) electrons. The van der Waals surface area contributed by atoms with E-state index in [0.29, 0.717) is 0 Å². The molecule has 0 saturated heterocycles. The Kier molecular flexibility index (Phi) is 4.84. The molecule has 0 atom stereocenters. The molecular weight excluding hydrogens is 356 g/mol. The SMILES string of the molecule is O=C(O)/C=C(/F)C(F)(F)C(F)(F)C(F)(F)C(F)(F)C(F)(F)F. The summed E-state index contributed by atoms with van der Waals surface area (Å²) in [4.78, 5) is 9.78. The molecule has 0 fully saturated rings. The molecule has 0 heterocycles. The van der Waals surface area contributed by atoms with E-state index < -0.39 is 47.7 Å². The second-order valence-corrected chi connectivity index (χ2v) is 3.63. The summed E-state index contributed by atoms with van der Waals surface area (Å²) in [6.45, 7) is 0. The van der Waals surface area contributed by atoms with E-state index in [9.17, 15) is 57.5 Å². The lowest BCUT2D eigenvalue weighted by Crippen LogP contribution is -2.66. The first-order valence-electron chi connectivity index (χ1n) is 4.52. The van der Waals surface area contributed by atoms with E-state index in [2.05, 4.69) is 0 Å². The van der Waals surface area contributed by atoms with E-state index in [4.69, 9.17) is 5.11 Å². The molecule has 130 valence electrons. The average Bonchev–Trinajstić information content (AvgIpc) is 2.25. The van der Waals surface area contributed by atoms with Crippen LogP contribution in [0, 0.1) is 0 Å². The minimum atomic E-state index is -7.79. The summed E-state index contributed by atoms with van der Waals surface area (Å²) >= 11 is 0. The van der Waals surface area contributed by atoms with E-state index >= 15 is 0 Å². The molecule has 0 aliphatic heterocycles. The van der Waals surface area contributed by atoms with Crippen LogP contribution in [0.3, 0.4) is 0 Å². The standard InChI is InChI=1S/C8H2F12O2/c9-2(1-3(21)22)4(10,11)5(12,13)6(14,15)7(16,17)8(18,19)20/h1H,(H,21,22)/b2-1+. The minimum Gasteiger partial charge on any atom is -0.478 e. The van der Waals surface area contributed by atoms with Gasteiger partial charge in [-0.2, -0.15) is 48.3 Å². The van der Waals surface area contributed by atoms with Crippen molar-refractivity contribution in [2.45, 2.75) is 29.9 Å². The molecule has 0 amide bonds. The highest BCUT2D eigenvalue weighted by atomic mass is 19.4. The van der Waals surface area contributed by atoms with Gasteiger partial charge in [-0.05, 0) is 0 Å². The monoisotopic (exact) mass is 358 g/mol. The Bertz CT molecular complexity index is 474. The predicted molar refractivity (Wildman–Crippen MR) is 42.7 cm³/mol. The Morgan fingerprint density at radius 3 is 1.36 bits per heavy atom. The Morgan fingerprint density at radius 2 is 1.09 bits per heavy atom. The van der Waals surface area contributed by atoms with Gasteiger partial charge in [-0.1, -0.05) is 0 Å². The van der Waals surface area contributed by atoms with Crippen LogP contribution in [-0.2, 0) is 4.79 Å². The Balaban J connectivity index is 6.17. The van der Waals surface area contributed by atoms with E-state index in [-0.39, 0.29) is 0 Å². The molecule has 0 spiro atoms. The van der Waals surface area contributed by atoms with Crippen LogP contribution in [0.1, 0.15) is 0 Å². The van der Waals surface area contributed by atoms with Gasteiger partial charge in [0.25, 0.3) is 0 Å². The first kappa shape index (κ1) is 20.4. The van der Waals surface area contributed by atoms with Crippen LogP contribution in [0.5, 0.6) is 0 Å². The van der Waals surface area contributed by atoms with Gasteiger partial charge >= 0.3 is 35.8 Å². The Labute approximate surface area is 112 Å². The number of hydrogen-bond donors (Lipinski definition) is 1. The van der Waals surface area contributed by atoms with Crippen molar-refractivity contribution in [2.24, 2.45) is 0 Å². The molecule has 0 aromatic rings. The van der Waals surface area contributed by atoms with E-state index in [0.717, 1.165) is 0 Å². The number of carbonyl (C=O) groups is 1. The van der Waals surface area contributed by atoms with Crippen molar-refractivity contribution in [3.63, 3.8) is 0 Å². The third kappa shape index (κ3) is 2.82. The van der Waals surface area contributed by atoms with E-state index in [1.807, 2.05) is 0 Å². The van der Waals surface area contributed by atoms with Crippen LogP contribution in [-0.4, -0.2) is 40.9 Å². The molecule has 0 rings (SSSR count). The second kappa shape index (κ2) is 5.22. The summed E-state index contributed by atoms with van der Waals surface area (Å²) in [7, 11) is 0. The summed E-state index contributed by atoms with van der Waals surface area (Å²) in [5.74, 6) is -36.6. The smallest absolute Gasteiger partial charge is 0.460 e. The molecule has 0 saturated carbocycles. The third-order valence-corrected chi connectivity index (χ3v) is 2.09. The molecule has 14 heteroatoms. The number of alkyl halides is 11. The zero-order chi connectivity index (χ0) is 18.4. The van der Waals surface area contributed by atoms with Gasteiger partial charge in [-0.15, -0.1) is 0 Å². The Hall–Kier alpha value is -1.63. The maximum absolute atomic E-state index is 12.8. The fourth-order valence-corrected chi connectivity index (χ4v) is 0.921. The molecular formula is C8H2F12O2. The predicted octanol–water partition coefficient (Wildman–Crippen LogP) is 4.03. The number of carboxylic acid groups (broad SMARTS) is 1. The zero-order valence-corrected chi connectivity index (χ0v) is 9.47. The van der Waals surface area contributed by atoms with Crippen molar-refractivity contribution < 1.29 is 62.6 Å². The highest BCUT2D eigenvalue weighted by molar-refractivity contribution is 5.80. The number of hydrogen-bond acceptors (Lipinski definition) is 1. The first-order valence-corrected chi connectivity index (χ1v) is 4.52. The van der Waals surface area contributed by atoms with Crippen molar-refractivity contribution in [1.29, 1.82) is 0 Å². The molecule has 0 bridgehead atoms. The van der Waals surface area contributed by atoms with Crippen LogP contribution in [0.15, 0.2) is 11.9 Å². The van der Waals surface area contributed by atoms with Crippen molar-refractivity contribution in [3.8, 4) is 0 Å². The topological polar surface area (TPSA) is 37.3 Å². The molecule has 0 aliphatic carbocycles. The highest BCUT2D eigenvalue weighted by Gasteiger charge is 2.87. The average molecular weight is 358 g/mol. The fraction of sp³-hybridized carbons (Fsp3) is 0.625. The van der Waals surface area contributed by atoms with Crippen LogP contribution >= 0.6 is 0 Å². The number of allylic oxidation sites excluding steroid dienone is 1. The number of rotatable bonds is 5. The summed E-state index contributed by atoms with van der Waals surface area (Å²) < 4.78 is 148. The summed E-state index contributed by atoms with van der Waals surface area (Å²) in [5.41, 5.74) is 0. The van der Waals surface area contributed by atoms with E-state index in [1.165, 1.54) is 0 Å². The normalized spacial score (nSPS) is 15.9. The van der Waals surface area contributed by atoms with Gasteiger partial charge < -0.3 is 5.11 Å². The van der Waals surface area contributed by atoms with Crippen LogP contribution < -0.4 is 0 Å². The van der Waals surface area contributed by atoms with Crippen molar-refractivity contribution >= 4 is 5.97 Å². The van der Waals surface area contributed by atoms with Gasteiger partial charge in [0.1, 0.15) is 0 Å².